The van der Waals surface area contributed by atoms with Crippen molar-refractivity contribution in [2.24, 2.45) is 0 Å². The van der Waals surface area contributed by atoms with Gasteiger partial charge in [-0.15, -0.1) is 10.2 Å². The van der Waals surface area contributed by atoms with E-state index in [1.165, 1.54) is 16.8 Å². The van der Waals surface area contributed by atoms with Gasteiger partial charge in [0.15, 0.2) is 11.6 Å². The molecule has 4 rings (SSSR count). The Hall–Kier alpha value is -2.89. The maximum absolute atomic E-state index is 4.41. The van der Waals surface area contributed by atoms with E-state index in [-0.39, 0.29) is 0 Å². The van der Waals surface area contributed by atoms with E-state index in [2.05, 4.69) is 57.1 Å². The summed E-state index contributed by atoms with van der Waals surface area (Å²) in [5.74, 6) is 1.68. The van der Waals surface area contributed by atoms with Crippen LogP contribution in [0, 0.1) is 20.8 Å². The van der Waals surface area contributed by atoms with Gasteiger partial charge in [-0.05, 0) is 56.2 Å². The summed E-state index contributed by atoms with van der Waals surface area (Å²) in [6.07, 6.45) is 1.90. The Balaban J connectivity index is 1.44. The molecule has 1 fully saturated rings. The first-order chi connectivity index (χ1) is 12.6. The van der Waals surface area contributed by atoms with E-state index in [1.54, 1.807) is 4.68 Å². The van der Waals surface area contributed by atoms with Gasteiger partial charge in [0.1, 0.15) is 0 Å². The lowest BCUT2D eigenvalue weighted by molar-refractivity contribution is 0.641. The Kier molecular flexibility index (Phi) is 4.32. The molecule has 0 spiro atoms. The number of anilines is 2. The lowest BCUT2D eigenvalue weighted by Gasteiger charge is -2.37. The molecule has 0 aliphatic carbocycles. The second-order valence-electron chi connectivity index (χ2n) is 6.84. The Morgan fingerprint density at radius 3 is 2.12 bits per heavy atom. The molecule has 0 saturated carbocycles. The highest BCUT2D eigenvalue weighted by Gasteiger charge is 2.20. The molecular formula is C20H24N6. The summed E-state index contributed by atoms with van der Waals surface area (Å²) in [6.45, 7) is 10.2. The van der Waals surface area contributed by atoms with Gasteiger partial charge in [-0.3, -0.25) is 0 Å². The number of nitrogens with zero attached hydrogens (tertiary/aromatic N) is 6. The van der Waals surface area contributed by atoms with Crippen LogP contribution in [-0.4, -0.2) is 46.2 Å². The molecular weight excluding hydrogens is 324 g/mol. The highest BCUT2D eigenvalue weighted by molar-refractivity contribution is 5.57. The van der Waals surface area contributed by atoms with Gasteiger partial charge >= 0.3 is 0 Å². The van der Waals surface area contributed by atoms with Crippen LogP contribution in [-0.2, 0) is 0 Å². The summed E-state index contributed by atoms with van der Waals surface area (Å²) in [7, 11) is 0. The third kappa shape index (κ3) is 3.14. The van der Waals surface area contributed by atoms with Gasteiger partial charge in [-0.2, -0.15) is 5.10 Å². The van der Waals surface area contributed by atoms with Crippen molar-refractivity contribution in [1.82, 2.24) is 20.0 Å². The van der Waals surface area contributed by atoms with E-state index in [9.17, 15) is 0 Å². The standard InChI is InChI=1S/C20H24N6/c1-15-5-4-6-18(17(15)3)24-11-13-25(14-12-24)19-7-8-20(22-21-19)26-10-9-16(2)23-26/h4-10H,11-14H2,1-3H3. The number of benzene rings is 1. The van der Waals surface area contributed by atoms with Gasteiger partial charge in [-0.25, -0.2) is 4.68 Å². The SMILES string of the molecule is Cc1ccn(-c2ccc(N3CCN(c4cccc(C)c4C)CC3)nn2)n1. The highest BCUT2D eigenvalue weighted by Crippen LogP contribution is 2.24. The largest absolute Gasteiger partial charge is 0.368 e. The van der Waals surface area contributed by atoms with E-state index in [0.717, 1.165) is 43.5 Å². The molecule has 6 heteroatoms. The molecule has 1 aromatic carbocycles. The number of hydrogen-bond acceptors (Lipinski definition) is 5. The van der Waals surface area contributed by atoms with Crippen molar-refractivity contribution < 1.29 is 0 Å². The maximum Gasteiger partial charge on any atom is 0.175 e. The number of rotatable bonds is 3. The summed E-state index contributed by atoms with van der Waals surface area (Å²) in [4.78, 5) is 4.76. The number of aromatic nitrogens is 4. The molecule has 0 unspecified atom stereocenters. The van der Waals surface area contributed by atoms with E-state index in [1.807, 2.05) is 31.3 Å². The van der Waals surface area contributed by atoms with Gasteiger partial charge in [0.2, 0.25) is 0 Å². The molecule has 0 atom stereocenters. The molecule has 1 saturated heterocycles. The van der Waals surface area contributed by atoms with Crippen LogP contribution in [0.4, 0.5) is 11.5 Å². The maximum atomic E-state index is 4.41. The Labute approximate surface area is 154 Å². The summed E-state index contributed by atoms with van der Waals surface area (Å²) >= 11 is 0. The molecule has 0 amide bonds. The third-order valence-corrected chi connectivity index (χ3v) is 5.11. The number of piperazine rings is 1. The fourth-order valence-corrected chi connectivity index (χ4v) is 3.41. The molecule has 3 heterocycles. The van der Waals surface area contributed by atoms with Crippen LogP contribution in [0.25, 0.3) is 5.82 Å². The van der Waals surface area contributed by atoms with Crippen molar-refractivity contribution in [2.45, 2.75) is 20.8 Å². The summed E-state index contributed by atoms with van der Waals surface area (Å²) in [6, 6.07) is 12.5. The second-order valence-corrected chi connectivity index (χ2v) is 6.84. The fourth-order valence-electron chi connectivity index (χ4n) is 3.41. The lowest BCUT2D eigenvalue weighted by Crippen LogP contribution is -2.47. The van der Waals surface area contributed by atoms with Gasteiger partial charge in [0.05, 0.1) is 5.69 Å². The van der Waals surface area contributed by atoms with Crippen molar-refractivity contribution in [3.63, 3.8) is 0 Å². The fraction of sp³-hybridized carbons (Fsp3) is 0.350. The van der Waals surface area contributed by atoms with Crippen LogP contribution in [0.1, 0.15) is 16.8 Å². The molecule has 6 nitrogen and oxygen atoms in total. The zero-order chi connectivity index (χ0) is 18.1. The van der Waals surface area contributed by atoms with Crippen molar-refractivity contribution in [1.29, 1.82) is 0 Å². The molecule has 0 radical (unpaired) electrons. The number of aryl methyl sites for hydroxylation is 2. The van der Waals surface area contributed by atoms with E-state index in [0.29, 0.717) is 0 Å². The van der Waals surface area contributed by atoms with Crippen LogP contribution in [0.5, 0.6) is 0 Å². The Morgan fingerprint density at radius 1 is 0.769 bits per heavy atom. The lowest BCUT2D eigenvalue weighted by atomic mass is 10.1. The minimum atomic E-state index is 0.746. The topological polar surface area (TPSA) is 50.1 Å². The Morgan fingerprint density at radius 2 is 1.46 bits per heavy atom. The second kappa shape index (κ2) is 6.78. The summed E-state index contributed by atoms with van der Waals surface area (Å²) < 4.78 is 1.75. The smallest absolute Gasteiger partial charge is 0.175 e. The van der Waals surface area contributed by atoms with E-state index < -0.39 is 0 Å². The molecule has 2 aromatic heterocycles. The van der Waals surface area contributed by atoms with Crippen molar-refractivity contribution in [2.75, 3.05) is 36.0 Å². The average Bonchev–Trinajstić information content (AvgIpc) is 3.11. The molecule has 3 aromatic rings. The Bertz CT molecular complexity index is 891. The summed E-state index contributed by atoms with van der Waals surface area (Å²) in [5, 5.41) is 13.1. The van der Waals surface area contributed by atoms with Crippen LogP contribution in [0.15, 0.2) is 42.6 Å². The quantitative estimate of drug-likeness (QED) is 0.728. The van der Waals surface area contributed by atoms with Crippen molar-refractivity contribution in [3.05, 3.63) is 59.4 Å². The first-order valence-electron chi connectivity index (χ1n) is 9.04. The predicted octanol–water partition coefficient (Wildman–Crippen LogP) is 2.91. The average molecular weight is 348 g/mol. The van der Waals surface area contributed by atoms with Gasteiger partial charge < -0.3 is 9.80 Å². The van der Waals surface area contributed by atoms with E-state index >= 15 is 0 Å². The van der Waals surface area contributed by atoms with Crippen LogP contribution in [0.2, 0.25) is 0 Å². The normalized spacial score (nSPS) is 14.7. The number of hydrogen-bond donors (Lipinski definition) is 0. The molecule has 1 aliphatic heterocycles. The third-order valence-electron chi connectivity index (χ3n) is 5.11. The van der Waals surface area contributed by atoms with Crippen LogP contribution < -0.4 is 9.80 Å². The van der Waals surface area contributed by atoms with Crippen molar-refractivity contribution >= 4 is 11.5 Å². The predicted molar refractivity (Wildman–Crippen MR) is 104 cm³/mol. The van der Waals surface area contributed by atoms with Gasteiger partial charge in [-0.1, -0.05) is 12.1 Å². The first-order valence-corrected chi connectivity index (χ1v) is 9.04. The minimum absolute atomic E-state index is 0.746. The zero-order valence-electron chi connectivity index (χ0n) is 15.6. The minimum Gasteiger partial charge on any atom is -0.368 e. The molecule has 134 valence electrons. The molecule has 0 bridgehead atoms. The van der Waals surface area contributed by atoms with Crippen LogP contribution in [0.3, 0.4) is 0 Å². The summed E-state index contributed by atoms with van der Waals surface area (Å²) in [5.41, 5.74) is 5.04. The van der Waals surface area contributed by atoms with Crippen LogP contribution >= 0.6 is 0 Å². The molecule has 26 heavy (non-hydrogen) atoms. The van der Waals surface area contributed by atoms with Gasteiger partial charge in [0, 0.05) is 38.1 Å². The van der Waals surface area contributed by atoms with Crippen molar-refractivity contribution in [3.8, 4) is 5.82 Å². The zero-order valence-corrected chi connectivity index (χ0v) is 15.6. The molecule has 1 aliphatic rings. The highest BCUT2D eigenvalue weighted by atomic mass is 15.4. The monoisotopic (exact) mass is 348 g/mol. The van der Waals surface area contributed by atoms with E-state index in [4.69, 9.17) is 0 Å². The van der Waals surface area contributed by atoms with Gasteiger partial charge in [0.25, 0.3) is 0 Å². The first kappa shape index (κ1) is 16.6. The molecule has 0 N–H and O–H groups in total.